The van der Waals surface area contributed by atoms with Gasteiger partial charge in [0.15, 0.2) is 0 Å². The highest BCUT2D eigenvalue weighted by atomic mass is 16.2. The lowest BCUT2D eigenvalue weighted by Gasteiger charge is -2.21. The zero-order valence-corrected chi connectivity index (χ0v) is 16.9. The maximum absolute atomic E-state index is 12.7. The van der Waals surface area contributed by atoms with Gasteiger partial charge < -0.3 is 21.3 Å². The number of rotatable bonds is 6. The summed E-state index contributed by atoms with van der Waals surface area (Å²) in [4.78, 5) is 25.6. The summed E-state index contributed by atoms with van der Waals surface area (Å²) in [7, 11) is 0. The van der Waals surface area contributed by atoms with E-state index in [1.165, 1.54) is 13.1 Å². The molecule has 4 N–H and O–H groups in total. The zero-order valence-electron chi connectivity index (χ0n) is 16.9. The smallest absolute Gasteiger partial charge is 0.267 e. The van der Waals surface area contributed by atoms with Gasteiger partial charge in [0, 0.05) is 41.6 Å². The van der Waals surface area contributed by atoms with Gasteiger partial charge in [0.05, 0.1) is 0 Å². The van der Waals surface area contributed by atoms with E-state index in [-0.39, 0.29) is 11.5 Å². The van der Waals surface area contributed by atoms with Crippen LogP contribution in [0.25, 0.3) is 0 Å². The van der Waals surface area contributed by atoms with Crippen molar-refractivity contribution in [2.24, 2.45) is 0 Å². The normalized spacial score (nSPS) is 10.6. The third-order valence-corrected chi connectivity index (χ3v) is 4.29. The van der Waals surface area contributed by atoms with Gasteiger partial charge in [0.2, 0.25) is 5.91 Å². The van der Waals surface area contributed by atoms with Crippen molar-refractivity contribution in [3.05, 3.63) is 90.6 Å². The lowest BCUT2D eigenvalue weighted by Crippen LogP contribution is -2.18. The average molecular weight is 411 g/mol. The van der Waals surface area contributed by atoms with E-state index in [9.17, 15) is 14.9 Å². The monoisotopic (exact) mass is 411 g/mol. The maximum atomic E-state index is 12.7. The molecule has 0 aliphatic heterocycles. The molecule has 0 radical (unpaired) electrons. The molecular formula is C24H21N5O2. The number of nitriles is 1. The Hall–Kier alpha value is -4.57. The Kier molecular flexibility index (Phi) is 6.66. The Morgan fingerprint density at radius 1 is 0.871 bits per heavy atom. The minimum Gasteiger partial charge on any atom is -0.399 e. The minimum atomic E-state index is -0.550. The summed E-state index contributed by atoms with van der Waals surface area (Å²) in [5, 5.41) is 15.0. The maximum Gasteiger partial charge on any atom is 0.267 e. The number of hydrogen-bond donors (Lipinski definition) is 3. The predicted molar refractivity (Wildman–Crippen MR) is 123 cm³/mol. The summed E-state index contributed by atoms with van der Waals surface area (Å²) in [5.41, 5.74) is 8.97. The number of anilines is 5. The largest absolute Gasteiger partial charge is 0.399 e. The van der Waals surface area contributed by atoms with Crippen molar-refractivity contribution in [2.75, 3.05) is 21.3 Å². The molecule has 0 heterocycles. The minimum absolute atomic E-state index is 0.0772. The average Bonchev–Trinajstić information content (AvgIpc) is 2.77. The number of nitrogen functional groups attached to an aromatic ring is 1. The molecule has 7 heteroatoms. The second kappa shape index (κ2) is 9.76. The number of hydrogen-bond acceptors (Lipinski definition) is 5. The van der Waals surface area contributed by atoms with Gasteiger partial charge in [-0.05, 0) is 60.7 Å². The molecule has 0 aliphatic rings. The fourth-order valence-electron chi connectivity index (χ4n) is 2.83. The quantitative estimate of drug-likeness (QED) is 0.316. The van der Waals surface area contributed by atoms with Gasteiger partial charge in [-0.3, -0.25) is 9.59 Å². The highest BCUT2D eigenvalue weighted by Gasteiger charge is 2.14. The standard InChI is InChI=1S/C24H21N5O2/c1-17(30)27-20-9-11-21(12-10-20)28-24(31)18(15-25)16-29(22-5-3-2-4-6-22)23-13-7-19(26)8-14-23/h2-14,16H,26H2,1H3,(H,27,30)(H,28,31)/b18-16-. The highest BCUT2D eigenvalue weighted by molar-refractivity contribution is 6.07. The van der Waals surface area contributed by atoms with Crippen LogP contribution in [-0.2, 0) is 9.59 Å². The Balaban J connectivity index is 1.87. The van der Waals surface area contributed by atoms with E-state index in [0.717, 1.165) is 11.4 Å². The molecule has 0 bridgehead atoms. The van der Waals surface area contributed by atoms with E-state index in [0.29, 0.717) is 17.1 Å². The molecule has 0 atom stereocenters. The molecule has 0 aromatic heterocycles. The number of nitrogens with two attached hydrogens (primary N) is 1. The number of carbonyl (C=O) groups excluding carboxylic acids is 2. The van der Waals surface area contributed by atoms with Crippen LogP contribution < -0.4 is 21.3 Å². The van der Waals surface area contributed by atoms with Gasteiger partial charge in [-0.2, -0.15) is 5.26 Å². The van der Waals surface area contributed by atoms with Crippen molar-refractivity contribution in [3.63, 3.8) is 0 Å². The van der Waals surface area contributed by atoms with E-state index in [1.54, 1.807) is 41.3 Å². The molecule has 2 amide bonds. The van der Waals surface area contributed by atoms with Crippen LogP contribution in [0.2, 0.25) is 0 Å². The summed E-state index contributed by atoms with van der Waals surface area (Å²) >= 11 is 0. The molecule has 0 unspecified atom stereocenters. The van der Waals surface area contributed by atoms with Crippen LogP contribution in [0.5, 0.6) is 0 Å². The lowest BCUT2D eigenvalue weighted by atomic mass is 10.2. The van der Waals surface area contributed by atoms with Gasteiger partial charge in [-0.25, -0.2) is 0 Å². The Morgan fingerprint density at radius 2 is 1.42 bits per heavy atom. The van der Waals surface area contributed by atoms with Gasteiger partial charge in [-0.1, -0.05) is 18.2 Å². The van der Waals surface area contributed by atoms with E-state index in [4.69, 9.17) is 5.73 Å². The van der Waals surface area contributed by atoms with Crippen LogP contribution in [0.3, 0.4) is 0 Å². The van der Waals surface area contributed by atoms with E-state index >= 15 is 0 Å². The first-order valence-electron chi connectivity index (χ1n) is 9.47. The number of carbonyl (C=O) groups is 2. The summed E-state index contributed by atoms with van der Waals surface area (Å²) in [6, 6.07) is 25.1. The fourth-order valence-corrected chi connectivity index (χ4v) is 2.83. The molecule has 3 aromatic rings. The molecule has 0 fully saturated rings. The van der Waals surface area contributed by atoms with Crippen LogP contribution in [0.1, 0.15) is 6.92 Å². The second-order valence-corrected chi connectivity index (χ2v) is 6.66. The predicted octanol–water partition coefficient (Wildman–Crippen LogP) is 4.41. The molecule has 3 rings (SSSR count). The molecular weight excluding hydrogens is 390 g/mol. The van der Waals surface area contributed by atoms with Crippen molar-refractivity contribution in [3.8, 4) is 6.07 Å². The second-order valence-electron chi connectivity index (χ2n) is 6.66. The van der Waals surface area contributed by atoms with Crippen molar-refractivity contribution in [1.29, 1.82) is 5.26 Å². The van der Waals surface area contributed by atoms with Crippen LogP contribution in [-0.4, -0.2) is 11.8 Å². The molecule has 31 heavy (non-hydrogen) atoms. The summed E-state index contributed by atoms with van der Waals surface area (Å²) in [6.45, 7) is 1.42. The third-order valence-electron chi connectivity index (χ3n) is 4.29. The highest BCUT2D eigenvalue weighted by Crippen LogP contribution is 2.27. The van der Waals surface area contributed by atoms with Crippen LogP contribution >= 0.6 is 0 Å². The topological polar surface area (TPSA) is 111 Å². The molecule has 3 aromatic carbocycles. The number of amides is 2. The summed E-state index contributed by atoms with van der Waals surface area (Å²) in [6.07, 6.45) is 1.49. The Labute approximate surface area is 180 Å². The SMILES string of the molecule is CC(=O)Nc1ccc(NC(=O)/C(C#N)=C\N(c2ccccc2)c2ccc(N)cc2)cc1. The molecule has 0 spiro atoms. The molecule has 0 saturated carbocycles. The first-order chi connectivity index (χ1) is 15.0. The van der Waals surface area contributed by atoms with Crippen molar-refractivity contribution < 1.29 is 9.59 Å². The van der Waals surface area contributed by atoms with E-state index in [1.807, 2.05) is 48.5 Å². The van der Waals surface area contributed by atoms with Crippen LogP contribution in [0, 0.1) is 11.3 Å². The first kappa shape index (κ1) is 21.1. The van der Waals surface area contributed by atoms with Gasteiger partial charge in [0.25, 0.3) is 5.91 Å². The van der Waals surface area contributed by atoms with Gasteiger partial charge >= 0.3 is 0 Å². The van der Waals surface area contributed by atoms with Crippen molar-refractivity contribution >= 4 is 40.3 Å². The van der Waals surface area contributed by atoms with Crippen LogP contribution in [0.15, 0.2) is 90.6 Å². The summed E-state index contributed by atoms with van der Waals surface area (Å²) in [5.74, 6) is -0.735. The summed E-state index contributed by atoms with van der Waals surface area (Å²) < 4.78 is 0. The fraction of sp³-hybridized carbons (Fsp3) is 0.0417. The number of nitrogens with one attached hydrogen (secondary N) is 2. The van der Waals surface area contributed by atoms with E-state index in [2.05, 4.69) is 10.6 Å². The third kappa shape index (κ3) is 5.71. The molecule has 0 saturated heterocycles. The Morgan fingerprint density at radius 3 is 1.97 bits per heavy atom. The number of benzene rings is 3. The van der Waals surface area contributed by atoms with Gasteiger partial charge in [0.1, 0.15) is 11.6 Å². The molecule has 154 valence electrons. The zero-order chi connectivity index (χ0) is 22.2. The molecule has 7 nitrogen and oxygen atoms in total. The van der Waals surface area contributed by atoms with Crippen molar-refractivity contribution in [1.82, 2.24) is 0 Å². The van der Waals surface area contributed by atoms with Crippen LogP contribution in [0.4, 0.5) is 28.4 Å². The lowest BCUT2D eigenvalue weighted by molar-refractivity contribution is -0.114. The number of para-hydroxylation sites is 1. The van der Waals surface area contributed by atoms with Crippen molar-refractivity contribution in [2.45, 2.75) is 6.92 Å². The number of nitrogens with zero attached hydrogens (tertiary/aromatic N) is 2. The van der Waals surface area contributed by atoms with Gasteiger partial charge in [-0.15, -0.1) is 0 Å². The Bertz CT molecular complexity index is 1130. The molecule has 0 aliphatic carbocycles. The first-order valence-corrected chi connectivity index (χ1v) is 9.47. The van der Waals surface area contributed by atoms with E-state index < -0.39 is 5.91 Å².